The van der Waals surface area contributed by atoms with Gasteiger partial charge in [-0.3, -0.25) is 0 Å². The number of nitrogens with two attached hydrogens (primary N) is 1. The molecule has 5 N–H and O–H groups in total. The molecule has 0 radical (unpaired) electrons. The van der Waals surface area contributed by atoms with Crippen LogP contribution in [0.5, 0.6) is 5.75 Å². The minimum absolute atomic E-state index is 0. The zero-order chi connectivity index (χ0) is 23.2. The van der Waals surface area contributed by atoms with E-state index in [1.807, 2.05) is 12.1 Å². The van der Waals surface area contributed by atoms with Gasteiger partial charge in [0.25, 0.3) is 0 Å². The summed E-state index contributed by atoms with van der Waals surface area (Å²) in [6.07, 6.45) is 7.77. The summed E-state index contributed by atoms with van der Waals surface area (Å²) in [6, 6.07) is 19.3. The van der Waals surface area contributed by atoms with Crippen molar-refractivity contribution in [2.75, 3.05) is 13.1 Å². The predicted octanol–water partition coefficient (Wildman–Crippen LogP) is 6.31. The molecule has 2 rings (SSSR count). The minimum atomic E-state index is 0. The molecule has 0 aromatic heterocycles. The van der Waals surface area contributed by atoms with Crippen LogP contribution in [0.2, 0.25) is 0 Å². The lowest BCUT2D eigenvalue weighted by Crippen LogP contribution is -2.47. The van der Waals surface area contributed by atoms with Gasteiger partial charge in [-0.15, -0.1) is 37.2 Å². The maximum Gasteiger partial charge on any atom is 0.115 e. The first kappa shape index (κ1) is 36.1. The highest BCUT2D eigenvalue weighted by Gasteiger charge is 2.16. The fraction of sp³-hybridized carbons (Fsp3) is 0.571. The summed E-state index contributed by atoms with van der Waals surface area (Å²) >= 11 is 0. The van der Waals surface area contributed by atoms with Gasteiger partial charge in [-0.1, -0.05) is 76.1 Å². The molecule has 2 aromatic rings. The maximum absolute atomic E-state index is 9.62. The molecule has 3 atom stereocenters. The number of halogens is 3. The summed E-state index contributed by atoms with van der Waals surface area (Å²) < 4.78 is 0. The number of phenolic OH excluding ortho intramolecular Hbond substituents is 1. The number of aryl methyl sites for hydroxylation is 1. The van der Waals surface area contributed by atoms with Crippen molar-refractivity contribution in [2.45, 2.75) is 83.8 Å². The Bertz CT molecular complexity index is 732. The number of hydrogen-bond donors (Lipinski definition) is 4. The number of hydrogen-bond acceptors (Lipinski definition) is 4. The molecule has 0 bridgehead atoms. The van der Waals surface area contributed by atoms with Gasteiger partial charge in [0.05, 0.1) is 0 Å². The second-order valence-corrected chi connectivity index (χ2v) is 9.64. The van der Waals surface area contributed by atoms with Gasteiger partial charge in [0, 0.05) is 31.2 Å². The molecule has 4 nitrogen and oxygen atoms in total. The molecule has 0 fully saturated rings. The Balaban J connectivity index is 0. The predicted molar refractivity (Wildman–Crippen MR) is 159 cm³/mol. The Morgan fingerprint density at radius 3 is 2.03 bits per heavy atom. The fourth-order valence-electron chi connectivity index (χ4n) is 4.19. The van der Waals surface area contributed by atoms with Crippen LogP contribution in [0, 0.1) is 5.92 Å². The summed E-state index contributed by atoms with van der Waals surface area (Å²) in [6.45, 7) is 8.56. The quantitative estimate of drug-likeness (QED) is 0.198. The van der Waals surface area contributed by atoms with E-state index in [9.17, 15) is 5.11 Å². The van der Waals surface area contributed by atoms with Crippen molar-refractivity contribution >= 4 is 37.2 Å². The summed E-state index contributed by atoms with van der Waals surface area (Å²) in [7, 11) is 0. The lowest BCUT2D eigenvalue weighted by Gasteiger charge is -2.26. The molecule has 0 heterocycles. The number of benzene rings is 2. The summed E-state index contributed by atoms with van der Waals surface area (Å²) in [5, 5.41) is 17.2. The lowest BCUT2D eigenvalue weighted by molar-refractivity contribution is 0.362. The average Bonchev–Trinajstić information content (AvgIpc) is 2.79. The van der Waals surface area contributed by atoms with Crippen LogP contribution in [0.1, 0.15) is 64.0 Å². The SMILES string of the molecule is CCCCC(N)CNC(CNC(CCc1ccccc1)CC(C)C)Cc1ccc(O)cc1.Cl.Cl.Cl. The van der Waals surface area contributed by atoms with Gasteiger partial charge in [-0.2, -0.15) is 0 Å². The zero-order valence-electron chi connectivity index (χ0n) is 21.6. The Kier molecular flexibility index (Phi) is 21.8. The van der Waals surface area contributed by atoms with Crippen molar-refractivity contribution in [1.29, 1.82) is 0 Å². The van der Waals surface area contributed by atoms with Gasteiger partial charge >= 0.3 is 0 Å². The van der Waals surface area contributed by atoms with Crippen LogP contribution in [-0.4, -0.2) is 36.3 Å². The van der Waals surface area contributed by atoms with E-state index in [1.165, 1.54) is 30.4 Å². The van der Waals surface area contributed by atoms with Crippen LogP contribution in [0.25, 0.3) is 0 Å². The molecule has 7 heteroatoms. The number of nitrogens with one attached hydrogen (secondary N) is 2. The molecule has 0 aliphatic rings. The highest BCUT2D eigenvalue weighted by Crippen LogP contribution is 2.14. The van der Waals surface area contributed by atoms with Crippen LogP contribution in [0.15, 0.2) is 54.6 Å². The van der Waals surface area contributed by atoms with E-state index in [2.05, 4.69) is 61.7 Å². The molecule has 3 unspecified atom stereocenters. The van der Waals surface area contributed by atoms with Crippen LogP contribution in [-0.2, 0) is 12.8 Å². The topological polar surface area (TPSA) is 70.3 Å². The van der Waals surface area contributed by atoms with Crippen molar-refractivity contribution in [2.24, 2.45) is 11.7 Å². The normalized spacial score (nSPS) is 13.2. The Morgan fingerprint density at radius 2 is 1.43 bits per heavy atom. The lowest BCUT2D eigenvalue weighted by atomic mass is 9.96. The molecule has 0 aliphatic carbocycles. The first-order valence-corrected chi connectivity index (χ1v) is 12.5. The largest absolute Gasteiger partial charge is 0.508 e. The van der Waals surface area contributed by atoms with E-state index in [4.69, 9.17) is 5.73 Å². The van der Waals surface area contributed by atoms with Crippen LogP contribution in [0.3, 0.4) is 0 Å². The van der Waals surface area contributed by atoms with Gasteiger partial charge in [0.2, 0.25) is 0 Å². The van der Waals surface area contributed by atoms with Crippen LogP contribution in [0.4, 0.5) is 0 Å². The first-order chi connectivity index (χ1) is 15.5. The van der Waals surface area contributed by atoms with Crippen LogP contribution >= 0.6 is 37.2 Å². The second kappa shape index (κ2) is 21.1. The third kappa shape index (κ3) is 16.4. The number of unbranched alkanes of at least 4 members (excludes halogenated alkanes) is 1. The van der Waals surface area contributed by atoms with Gasteiger partial charge in [0.1, 0.15) is 5.75 Å². The summed E-state index contributed by atoms with van der Waals surface area (Å²) in [5.74, 6) is 0.977. The smallest absolute Gasteiger partial charge is 0.115 e. The molecule has 35 heavy (non-hydrogen) atoms. The fourth-order valence-corrected chi connectivity index (χ4v) is 4.19. The highest BCUT2D eigenvalue weighted by atomic mass is 35.5. The molecule has 202 valence electrons. The van der Waals surface area contributed by atoms with Gasteiger partial charge < -0.3 is 21.5 Å². The van der Waals surface area contributed by atoms with Crippen molar-refractivity contribution in [1.82, 2.24) is 10.6 Å². The van der Waals surface area contributed by atoms with E-state index in [1.54, 1.807) is 12.1 Å². The van der Waals surface area contributed by atoms with Crippen molar-refractivity contribution in [3.05, 3.63) is 65.7 Å². The Labute approximate surface area is 232 Å². The third-order valence-corrected chi connectivity index (χ3v) is 6.05. The molecule has 0 amide bonds. The van der Waals surface area contributed by atoms with E-state index in [0.29, 0.717) is 23.8 Å². The molecule has 0 aliphatic heterocycles. The summed E-state index contributed by atoms with van der Waals surface area (Å²) in [4.78, 5) is 0. The second-order valence-electron chi connectivity index (χ2n) is 9.64. The number of rotatable bonds is 16. The standard InChI is InChI=1S/C28H45N3O.3ClH/c1-4-5-11-25(29)20-30-27(19-24-13-16-28(32)17-14-24)21-31-26(18-22(2)3)15-12-23-9-7-6-8-10-23;;;/h6-10,13-14,16-17,22,25-27,30-32H,4-5,11-12,15,18-21,29H2,1-3H3;3*1H. The summed E-state index contributed by atoms with van der Waals surface area (Å²) in [5.41, 5.74) is 8.98. The average molecular weight is 549 g/mol. The first-order valence-electron chi connectivity index (χ1n) is 12.5. The zero-order valence-corrected chi connectivity index (χ0v) is 24.1. The highest BCUT2D eigenvalue weighted by molar-refractivity contribution is 5.86. The molecule has 0 spiro atoms. The number of phenols is 1. The third-order valence-electron chi connectivity index (χ3n) is 6.05. The van der Waals surface area contributed by atoms with Crippen molar-refractivity contribution < 1.29 is 5.11 Å². The van der Waals surface area contributed by atoms with Gasteiger partial charge in [-0.05, 0) is 61.3 Å². The Morgan fingerprint density at radius 1 is 0.800 bits per heavy atom. The van der Waals surface area contributed by atoms with Crippen LogP contribution < -0.4 is 16.4 Å². The molecular weight excluding hydrogens is 501 g/mol. The van der Waals surface area contributed by atoms with Crippen molar-refractivity contribution in [3.63, 3.8) is 0 Å². The van der Waals surface area contributed by atoms with Gasteiger partial charge in [-0.25, -0.2) is 0 Å². The van der Waals surface area contributed by atoms with E-state index >= 15 is 0 Å². The molecular formula is C28H48Cl3N3O. The Hall–Kier alpha value is -1.01. The maximum atomic E-state index is 9.62. The molecule has 2 aromatic carbocycles. The minimum Gasteiger partial charge on any atom is -0.508 e. The molecule has 0 saturated carbocycles. The van der Waals surface area contributed by atoms with E-state index in [0.717, 1.165) is 38.8 Å². The van der Waals surface area contributed by atoms with E-state index < -0.39 is 0 Å². The van der Waals surface area contributed by atoms with Gasteiger partial charge in [0.15, 0.2) is 0 Å². The monoisotopic (exact) mass is 547 g/mol. The molecule has 0 saturated heterocycles. The number of aromatic hydroxyl groups is 1. The van der Waals surface area contributed by atoms with E-state index in [-0.39, 0.29) is 43.3 Å². The van der Waals surface area contributed by atoms with Crippen molar-refractivity contribution in [3.8, 4) is 5.75 Å².